The number of carboxylic acid groups (broad SMARTS) is 2. The van der Waals surface area contributed by atoms with E-state index in [0.29, 0.717) is 18.3 Å². The van der Waals surface area contributed by atoms with Crippen LogP contribution in [0.25, 0.3) is 0 Å². The number of carbonyl (C=O) groups is 2. The molecule has 0 heterocycles. The Morgan fingerprint density at radius 3 is 2.00 bits per heavy atom. The van der Waals surface area contributed by atoms with Crippen molar-refractivity contribution in [2.24, 2.45) is 29.6 Å². The van der Waals surface area contributed by atoms with Crippen LogP contribution >= 0.6 is 0 Å². The van der Waals surface area contributed by atoms with Crippen molar-refractivity contribution in [2.75, 3.05) is 0 Å². The summed E-state index contributed by atoms with van der Waals surface area (Å²) in [5.41, 5.74) is 0. The first kappa shape index (κ1) is 14.0. The van der Waals surface area contributed by atoms with Crippen LogP contribution in [0, 0.1) is 29.6 Å². The van der Waals surface area contributed by atoms with E-state index in [0.717, 1.165) is 12.8 Å². The van der Waals surface area contributed by atoms with E-state index in [-0.39, 0.29) is 11.8 Å². The third-order valence-electron chi connectivity index (χ3n) is 4.03. The van der Waals surface area contributed by atoms with E-state index in [2.05, 4.69) is 20.8 Å². The molecule has 0 aromatic carbocycles. The monoisotopic (exact) mass is 242 g/mol. The summed E-state index contributed by atoms with van der Waals surface area (Å²) < 4.78 is 0. The zero-order valence-corrected chi connectivity index (χ0v) is 10.7. The third kappa shape index (κ3) is 3.20. The maximum Gasteiger partial charge on any atom is 0.318 e. The molecule has 17 heavy (non-hydrogen) atoms. The van der Waals surface area contributed by atoms with Gasteiger partial charge in [-0.05, 0) is 36.5 Å². The molecule has 1 aliphatic rings. The Kier molecular flexibility index (Phi) is 4.54. The molecule has 2 N–H and O–H groups in total. The van der Waals surface area contributed by atoms with Gasteiger partial charge in [-0.2, -0.15) is 0 Å². The van der Waals surface area contributed by atoms with E-state index < -0.39 is 17.9 Å². The van der Waals surface area contributed by atoms with E-state index >= 15 is 0 Å². The molecule has 0 aromatic heterocycles. The Balaban J connectivity index is 2.94. The van der Waals surface area contributed by atoms with Gasteiger partial charge in [0.15, 0.2) is 5.92 Å². The van der Waals surface area contributed by atoms with E-state index in [9.17, 15) is 9.59 Å². The molecule has 4 heteroatoms. The average molecular weight is 242 g/mol. The summed E-state index contributed by atoms with van der Waals surface area (Å²) >= 11 is 0. The lowest BCUT2D eigenvalue weighted by atomic mass is 9.65. The molecule has 0 radical (unpaired) electrons. The molecule has 0 amide bonds. The van der Waals surface area contributed by atoms with Gasteiger partial charge < -0.3 is 10.2 Å². The number of rotatable bonds is 4. The molecule has 0 spiro atoms. The van der Waals surface area contributed by atoms with Gasteiger partial charge in [-0.1, -0.05) is 27.2 Å². The highest BCUT2D eigenvalue weighted by Gasteiger charge is 2.42. The van der Waals surface area contributed by atoms with Crippen LogP contribution in [0.15, 0.2) is 0 Å². The standard InChI is InChI=1S/C13H22O4/c1-7(2)9-5-4-8(3)6-10(9)11(12(14)15)13(16)17/h7-11H,4-6H2,1-3H3,(H,14,15)(H,16,17). The SMILES string of the molecule is CC1CCC(C(C)C)C(C(C(=O)O)C(=O)O)C1. The van der Waals surface area contributed by atoms with Crippen molar-refractivity contribution in [1.82, 2.24) is 0 Å². The van der Waals surface area contributed by atoms with Crippen LogP contribution in [0.2, 0.25) is 0 Å². The second-order valence-corrected chi connectivity index (χ2v) is 5.64. The van der Waals surface area contributed by atoms with Crippen molar-refractivity contribution in [1.29, 1.82) is 0 Å². The van der Waals surface area contributed by atoms with Crippen molar-refractivity contribution in [3.8, 4) is 0 Å². The summed E-state index contributed by atoms with van der Waals surface area (Å²) in [5.74, 6) is -2.88. The Hall–Kier alpha value is -1.06. The molecule has 4 nitrogen and oxygen atoms in total. The minimum atomic E-state index is -1.25. The molecule has 0 bridgehead atoms. The lowest BCUT2D eigenvalue weighted by molar-refractivity contribution is -0.160. The van der Waals surface area contributed by atoms with Gasteiger partial charge >= 0.3 is 11.9 Å². The predicted molar refractivity (Wildman–Crippen MR) is 63.6 cm³/mol. The number of hydrogen-bond donors (Lipinski definition) is 2. The molecule has 0 aromatic rings. The highest BCUT2D eigenvalue weighted by molar-refractivity contribution is 5.93. The predicted octanol–water partition coefficient (Wildman–Crippen LogP) is 2.48. The Labute approximate surface area is 102 Å². The molecular formula is C13H22O4. The van der Waals surface area contributed by atoms with E-state index in [4.69, 9.17) is 10.2 Å². The van der Waals surface area contributed by atoms with Gasteiger partial charge in [0.1, 0.15) is 0 Å². The molecule has 1 aliphatic carbocycles. The average Bonchev–Trinajstić information content (AvgIpc) is 2.15. The second-order valence-electron chi connectivity index (χ2n) is 5.64. The largest absolute Gasteiger partial charge is 0.481 e. The Morgan fingerprint density at radius 2 is 1.59 bits per heavy atom. The molecule has 1 fully saturated rings. The van der Waals surface area contributed by atoms with Gasteiger partial charge in [-0.25, -0.2) is 0 Å². The summed E-state index contributed by atoms with van der Waals surface area (Å²) in [6, 6.07) is 0. The summed E-state index contributed by atoms with van der Waals surface area (Å²) in [7, 11) is 0. The van der Waals surface area contributed by atoms with Gasteiger partial charge in [0.25, 0.3) is 0 Å². The number of hydrogen-bond acceptors (Lipinski definition) is 2. The molecule has 1 rings (SSSR count). The van der Waals surface area contributed by atoms with Crippen molar-refractivity contribution in [3.63, 3.8) is 0 Å². The van der Waals surface area contributed by atoms with Crippen LogP contribution in [-0.2, 0) is 9.59 Å². The molecule has 0 aliphatic heterocycles. The van der Waals surface area contributed by atoms with Gasteiger partial charge in [-0.15, -0.1) is 0 Å². The maximum absolute atomic E-state index is 11.1. The normalized spacial score (nSPS) is 29.6. The summed E-state index contributed by atoms with van der Waals surface area (Å²) in [6.45, 7) is 6.17. The van der Waals surface area contributed by atoms with Crippen LogP contribution < -0.4 is 0 Å². The van der Waals surface area contributed by atoms with Crippen molar-refractivity contribution >= 4 is 11.9 Å². The minimum Gasteiger partial charge on any atom is -0.481 e. The van der Waals surface area contributed by atoms with Gasteiger partial charge in [0.05, 0.1) is 0 Å². The maximum atomic E-state index is 11.1. The van der Waals surface area contributed by atoms with Gasteiger partial charge in [-0.3, -0.25) is 9.59 Å². The van der Waals surface area contributed by atoms with E-state index in [1.807, 2.05) is 0 Å². The third-order valence-corrected chi connectivity index (χ3v) is 4.03. The van der Waals surface area contributed by atoms with Crippen molar-refractivity contribution < 1.29 is 19.8 Å². The quantitative estimate of drug-likeness (QED) is 0.743. The molecule has 3 atom stereocenters. The van der Waals surface area contributed by atoms with Crippen LogP contribution in [0.4, 0.5) is 0 Å². The van der Waals surface area contributed by atoms with Crippen LogP contribution in [0.1, 0.15) is 40.0 Å². The van der Waals surface area contributed by atoms with Crippen molar-refractivity contribution in [2.45, 2.75) is 40.0 Å². The Bertz CT molecular complexity index is 284. The lowest BCUT2D eigenvalue weighted by Crippen LogP contribution is -2.40. The Morgan fingerprint density at radius 1 is 1.06 bits per heavy atom. The zero-order valence-electron chi connectivity index (χ0n) is 10.7. The fraction of sp³-hybridized carbons (Fsp3) is 0.846. The lowest BCUT2D eigenvalue weighted by Gasteiger charge is -2.39. The van der Waals surface area contributed by atoms with Gasteiger partial charge in [0, 0.05) is 0 Å². The van der Waals surface area contributed by atoms with Crippen LogP contribution in [-0.4, -0.2) is 22.2 Å². The highest BCUT2D eigenvalue weighted by Crippen LogP contribution is 2.42. The first-order valence-corrected chi connectivity index (χ1v) is 6.30. The van der Waals surface area contributed by atoms with E-state index in [1.165, 1.54) is 0 Å². The second kappa shape index (κ2) is 5.52. The molecule has 0 saturated heterocycles. The fourth-order valence-corrected chi connectivity index (χ4v) is 3.13. The zero-order chi connectivity index (χ0) is 13.2. The van der Waals surface area contributed by atoms with E-state index in [1.54, 1.807) is 0 Å². The summed E-state index contributed by atoms with van der Waals surface area (Å²) in [6.07, 6.45) is 2.73. The highest BCUT2D eigenvalue weighted by atomic mass is 16.4. The number of aliphatic carboxylic acids is 2. The summed E-state index contributed by atoms with van der Waals surface area (Å²) in [5, 5.41) is 18.2. The molecule has 3 unspecified atom stereocenters. The molecule has 1 saturated carbocycles. The van der Waals surface area contributed by atoms with Gasteiger partial charge in [0.2, 0.25) is 0 Å². The first-order valence-electron chi connectivity index (χ1n) is 6.30. The molecule has 98 valence electrons. The first-order chi connectivity index (χ1) is 7.84. The fourth-order valence-electron chi connectivity index (χ4n) is 3.13. The number of carboxylic acids is 2. The minimum absolute atomic E-state index is 0.211. The van der Waals surface area contributed by atoms with Crippen LogP contribution in [0.3, 0.4) is 0 Å². The topological polar surface area (TPSA) is 74.6 Å². The molecular weight excluding hydrogens is 220 g/mol. The summed E-state index contributed by atoms with van der Waals surface area (Å²) in [4.78, 5) is 22.3. The smallest absolute Gasteiger partial charge is 0.318 e. The van der Waals surface area contributed by atoms with Crippen LogP contribution in [0.5, 0.6) is 0 Å². The van der Waals surface area contributed by atoms with Crippen molar-refractivity contribution in [3.05, 3.63) is 0 Å².